The molecule has 0 radical (unpaired) electrons. The molecule has 0 atom stereocenters. The lowest BCUT2D eigenvalue weighted by molar-refractivity contribution is 0.332. The van der Waals surface area contributed by atoms with Crippen molar-refractivity contribution < 1.29 is 8.42 Å². The lowest BCUT2D eigenvalue weighted by Crippen LogP contribution is -2.34. The highest BCUT2D eigenvalue weighted by atomic mass is 79.9. The fourth-order valence-corrected chi connectivity index (χ4v) is 3.45. The molecule has 0 aliphatic heterocycles. The lowest BCUT2D eigenvalue weighted by atomic mass is 9.88. The van der Waals surface area contributed by atoms with E-state index in [1.54, 1.807) is 6.20 Å². The first-order valence-corrected chi connectivity index (χ1v) is 9.42. The van der Waals surface area contributed by atoms with Gasteiger partial charge in [-0.2, -0.15) is 0 Å². The SMILES string of the molecule is CCn1cc(S(=O)(=O)NCC(C)(C)CCCBr)nc1C. The molecule has 0 aromatic carbocycles. The Hall–Kier alpha value is -0.400. The van der Waals surface area contributed by atoms with Gasteiger partial charge in [-0.25, -0.2) is 18.1 Å². The van der Waals surface area contributed by atoms with Crippen LogP contribution in [0.15, 0.2) is 11.2 Å². The quantitative estimate of drug-likeness (QED) is 0.720. The summed E-state index contributed by atoms with van der Waals surface area (Å²) in [6.45, 7) is 9.03. The van der Waals surface area contributed by atoms with Crippen molar-refractivity contribution in [3.05, 3.63) is 12.0 Å². The van der Waals surface area contributed by atoms with Crippen LogP contribution in [-0.2, 0) is 16.6 Å². The largest absolute Gasteiger partial charge is 0.334 e. The topological polar surface area (TPSA) is 64.0 Å². The molecule has 1 aromatic rings. The van der Waals surface area contributed by atoms with E-state index in [2.05, 4.69) is 39.5 Å². The Bertz CT molecular complexity index is 538. The van der Waals surface area contributed by atoms with E-state index in [4.69, 9.17) is 0 Å². The summed E-state index contributed by atoms with van der Waals surface area (Å²) in [5, 5.41) is 1.04. The van der Waals surface area contributed by atoms with Gasteiger partial charge in [0.25, 0.3) is 10.0 Å². The smallest absolute Gasteiger partial charge is 0.259 e. The fourth-order valence-electron chi connectivity index (χ4n) is 1.93. The summed E-state index contributed by atoms with van der Waals surface area (Å²) >= 11 is 3.40. The predicted molar refractivity (Wildman–Crippen MR) is 84.6 cm³/mol. The van der Waals surface area contributed by atoms with Crippen molar-refractivity contribution in [1.82, 2.24) is 14.3 Å². The van der Waals surface area contributed by atoms with E-state index in [1.807, 2.05) is 18.4 Å². The number of nitrogens with one attached hydrogen (secondary N) is 1. The third kappa shape index (κ3) is 4.86. The van der Waals surface area contributed by atoms with E-state index in [0.717, 1.165) is 18.2 Å². The lowest BCUT2D eigenvalue weighted by Gasteiger charge is -2.24. The Kier molecular flexibility index (Phi) is 6.22. The van der Waals surface area contributed by atoms with E-state index in [0.29, 0.717) is 18.9 Å². The molecule has 5 nitrogen and oxygen atoms in total. The molecule has 0 aliphatic rings. The van der Waals surface area contributed by atoms with E-state index >= 15 is 0 Å². The van der Waals surface area contributed by atoms with E-state index < -0.39 is 10.0 Å². The summed E-state index contributed by atoms with van der Waals surface area (Å²) in [5.41, 5.74) is -0.0663. The molecule has 0 saturated carbocycles. The average molecular weight is 366 g/mol. The molecule has 20 heavy (non-hydrogen) atoms. The maximum absolute atomic E-state index is 12.2. The highest BCUT2D eigenvalue weighted by Crippen LogP contribution is 2.22. The van der Waals surface area contributed by atoms with Crippen molar-refractivity contribution in [3.63, 3.8) is 0 Å². The Balaban J connectivity index is 2.74. The average Bonchev–Trinajstić information content (AvgIpc) is 2.76. The second-order valence-corrected chi connectivity index (χ2v) is 8.20. The van der Waals surface area contributed by atoms with Crippen LogP contribution in [0.4, 0.5) is 0 Å². The van der Waals surface area contributed by atoms with Gasteiger partial charge in [0, 0.05) is 24.6 Å². The number of hydrogen-bond acceptors (Lipinski definition) is 3. The van der Waals surface area contributed by atoms with Crippen LogP contribution in [0.3, 0.4) is 0 Å². The molecule has 1 N–H and O–H groups in total. The zero-order valence-corrected chi connectivity index (χ0v) is 15.0. The number of alkyl halides is 1. The minimum atomic E-state index is -3.52. The van der Waals surface area contributed by atoms with Crippen LogP contribution in [0.1, 0.15) is 39.4 Å². The van der Waals surface area contributed by atoms with Crippen molar-refractivity contribution in [1.29, 1.82) is 0 Å². The summed E-state index contributed by atoms with van der Waals surface area (Å²) in [7, 11) is -3.52. The van der Waals surface area contributed by atoms with Gasteiger partial charge >= 0.3 is 0 Å². The molecule has 0 fully saturated rings. The standard InChI is InChI=1S/C13H24BrN3O2S/c1-5-17-9-12(16-11(17)2)20(18,19)15-10-13(3,4)7-6-8-14/h9,15H,5-8,10H2,1-4H3. The molecule has 0 amide bonds. The summed E-state index contributed by atoms with van der Waals surface area (Å²) in [4.78, 5) is 4.12. The van der Waals surface area contributed by atoms with Crippen LogP contribution in [0, 0.1) is 12.3 Å². The van der Waals surface area contributed by atoms with Gasteiger partial charge in [0.2, 0.25) is 0 Å². The number of halogens is 1. The number of hydrogen-bond donors (Lipinski definition) is 1. The Morgan fingerprint density at radius 1 is 1.45 bits per heavy atom. The van der Waals surface area contributed by atoms with Gasteiger partial charge in [0.15, 0.2) is 5.03 Å². The molecular weight excluding hydrogens is 342 g/mol. The summed E-state index contributed by atoms with van der Waals surface area (Å²) in [6.07, 6.45) is 3.57. The number of rotatable bonds is 8. The first kappa shape index (κ1) is 17.7. The Morgan fingerprint density at radius 2 is 2.10 bits per heavy atom. The van der Waals surface area contributed by atoms with Gasteiger partial charge < -0.3 is 4.57 Å². The third-order valence-corrected chi connectivity index (χ3v) is 5.13. The van der Waals surface area contributed by atoms with Gasteiger partial charge in [-0.15, -0.1) is 0 Å². The third-order valence-electron chi connectivity index (χ3n) is 3.30. The van der Waals surface area contributed by atoms with Gasteiger partial charge in [-0.1, -0.05) is 29.8 Å². The van der Waals surface area contributed by atoms with Gasteiger partial charge in [-0.05, 0) is 32.1 Å². The van der Waals surface area contributed by atoms with Crippen molar-refractivity contribution >= 4 is 26.0 Å². The maximum Gasteiger partial charge on any atom is 0.259 e. The molecule has 0 spiro atoms. The zero-order valence-electron chi connectivity index (χ0n) is 12.6. The molecule has 0 saturated heterocycles. The summed E-state index contributed by atoms with van der Waals surface area (Å²) in [6, 6.07) is 0. The molecule has 1 aromatic heterocycles. The second-order valence-electron chi connectivity index (χ2n) is 5.69. The minimum Gasteiger partial charge on any atom is -0.334 e. The van der Waals surface area contributed by atoms with Crippen LogP contribution < -0.4 is 4.72 Å². The molecule has 7 heteroatoms. The van der Waals surface area contributed by atoms with E-state index in [-0.39, 0.29) is 10.4 Å². The van der Waals surface area contributed by atoms with Crippen LogP contribution in [0.2, 0.25) is 0 Å². The molecule has 0 unspecified atom stereocenters. The van der Waals surface area contributed by atoms with Gasteiger partial charge in [0.1, 0.15) is 5.82 Å². The molecular formula is C13H24BrN3O2S. The normalized spacial score (nSPS) is 12.8. The number of sulfonamides is 1. The molecule has 116 valence electrons. The highest BCUT2D eigenvalue weighted by Gasteiger charge is 2.24. The van der Waals surface area contributed by atoms with Crippen molar-refractivity contribution in [2.45, 2.75) is 52.1 Å². The molecule has 1 rings (SSSR count). The number of imidazole rings is 1. The first-order valence-electron chi connectivity index (χ1n) is 6.81. The van der Waals surface area contributed by atoms with E-state index in [9.17, 15) is 8.42 Å². The number of aryl methyl sites for hydroxylation is 2. The second kappa shape index (κ2) is 7.04. The molecule has 0 bridgehead atoms. The Morgan fingerprint density at radius 3 is 2.60 bits per heavy atom. The van der Waals surface area contributed by atoms with Crippen LogP contribution in [0.25, 0.3) is 0 Å². The van der Waals surface area contributed by atoms with Crippen molar-refractivity contribution in [3.8, 4) is 0 Å². The number of aromatic nitrogens is 2. The zero-order chi connectivity index (χ0) is 15.4. The Labute approximate surface area is 130 Å². The molecule has 0 aliphatic carbocycles. The van der Waals surface area contributed by atoms with Gasteiger partial charge in [0.05, 0.1) is 0 Å². The van der Waals surface area contributed by atoms with E-state index in [1.165, 1.54) is 0 Å². The van der Waals surface area contributed by atoms with Crippen molar-refractivity contribution in [2.24, 2.45) is 5.41 Å². The van der Waals surface area contributed by atoms with Crippen LogP contribution >= 0.6 is 15.9 Å². The monoisotopic (exact) mass is 365 g/mol. The van der Waals surface area contributed by atoms with Gasteiger partial charge in [-0.3, -0.25) is 0 Å². The highest BCUT2D eigenvalue weighted by molar-refractivity contribution is 9.09. The predicted octanol–water partition coefficient (Wildman–Crippen LogP) is 2.69. The number of nitrogens with zero attached hydrogens (tertiary/aromatic N) is 2. The fraction of sp³-hybridized carbons (Fsp3) is 0.769. The first-order chi connectivity index (χ1) is 9.22. The van der Waals surface area contributed by atoms with Crippen molar-refractivity contribution in [2.75, 3.05) is 11.9 Å². The summed E-state index contributed by atoms with van der Waals surface area (Å²) in [5.74, 6) is 0.714. The summed E-state index contributed by atoms with van der Waals surface area (Å²) < 4.78 is 29.0. The minimum absolute atomic E-state index is 0.0663. The van der Waals surface area contributed by atoms with Crippen LogP contribution in [0.5, 0.6) is 0 Å². The molecule has 1 heterocycles. The maximum atomic E-state index is 12.2. The van der Waals surface area contributed by atoms with Crippen LogP contribution in [-0.4, -0.2) is 29.8 Å².